The molecule has 4 aliphatic carbocycles. The molecule has 1 aliphatic heterocycles. The van der Waals surface area contributed by atoms with Gasteiger partial charge in [0, 0.05) is 5.92 Å². The number of hydrogen-bond donors (Lipinski definition) is 0. The zero-order valence-electron chi connectivity index (χ0n) is 20.4. The van der Waals surface area contributed by atoms with E-state index in [0.29, 0.717) is 36.4 Å². The van der Waals surface area contributed by atoms with Gasteiger partial charge in [-0.25, -0.2) is 0 Å². The van der Waals surface area contributed by atoms with E-state index < -0.39 is 0 Å². The normalized spacial score (nSPS) is 42.0. The Morgan fingerprint density at radius 3 is 2.67 bits per heavy atom. The lowest BCUT2D eigenvalue weighted by Gasteiger charge is -2.49. The maximum Gasteiger partial charge on any atom is 0.307 e. The van der Waals surface area contributed by atoms with Crippen LogP contribution in [-0.2, 0) is 20.9 Å². The molecule has 0 amide bonds. The summed E-state index contributed by atoms with van der Waals surface area (Å²) in [6.07, 6.45) is 11.6. The molecule has 33 heavy (non-hydrogen) atoms. The molecule has 3 heteroatoms. The first-order chi connectivity index (χ1) is 15.9. The van der Waals surface area contributed by atoms with Crippen molar-refractivity contribution in [1.82, 2.24) is 0 Å². The number of hydrogen-bond acceptors (Lipinski definition) is 3. The summed E-state index contributed by atoms with van der Waals surface area (Å²) in [5.41, 5.74) is 5.97. The van der Waals surface area contributed by atoms with Gasteiger partial charge in [0.25, 0.3) is 0 Å². The van der Waals surface area contributed by atoms with Gasteiger partial charge in [0.15, 0.2) is 0 Å². The smallest absolute Gasteiger partial charge is 0.307 e. The van der Waals surface area contributed by atoms with E-state index in [1.54, 1.807) is 11.1 Å². The molecule has 1 heterocycles. The molecule has 0 bridgehead atoms. The second-order valence-corrected chi connectivity index (χ2v) is 11.8. The van der Waals surface area contributed by atoms with Crippen LogP contribution < -0.4 is 0 Å². The molecular formula is C30H38O3. The molecule has 0 radical (unpaired) electrons. The van der Waals surface area contributed by atoms with E-state index in [9.17, 15) is 4.79 Å². The number of carbonyl (C=O) groups is 1. The van der Waals surface area contributed by atoms with E-state index in [4.69, 9.17) is 9.47 Å². The monoisotopic (exact) mass is 446 g/mol. The molecular weight excluding hydrogens is 408 g/mol. The molecule has 1 aromatic carbocycles. The highest BCUT2D eigenvalue weighted by molar-refractivity contribution is 5.74. The van der Waals surface area contributed by atoms with Gasteiger partial charge < -0.3 is 9.47 Å². The first kappa shape index (κ1) is 21.6. The molecule has 6 rings (SSSR count). The Morgan fingerprint density at radius 2 is 1.91 bits per heavy atom. The van der Waals surface area contributed by atoms with Crippen LogP contribution in [0.3, 0.4) is 0 Å². The molecule has 2 saturated carbocycles. The van der Waals surface area contributed by atoms with Crippen molar-refractivity contribution in [3.8, 4) is 0 Å². The first-order valence-electron chi connectivity index (χ1n) is 13.2. The number of allylic oxidation sites excluding steroid dienone is 2. The quantitative estimate of drug-likeness (QED) is 0.379. The standard InChI is InChI=1S/C30H38O3/c1-19-15-28(31)33-30(19)14-12-24-25-10-9-22-16-23(32-18-21-7-5-4-6-8-21)11-13-29(22,3)27(25)17-26(24)20(30)2/h4-9,19,23-25,27H,10-18H2,1-3H3/t19-,23+,24+,25+,27+,29+,30-/m1/s1. The van der Waals surface area contributed by atoms with E-state index in [1.807, 2.05) is 0 Å². The SMILES string of the molecule is CC1=C2C[C@H]3[C@@H](CC=C4C[C@@H](OCc5ccccc5)CC[C@@]43C)[C@@H]2CC[C@]12OC(=O)C[C@H]2C. The maximum atomic E-state index is 12.2. The van der Waals surface area contributed by atoms with Crippen molar-refractivity contribution in [3.63, 3.8) is 0 Å². The first-order valence-corrected chi connectivity index (χ1v) is 13.2. The van der Waals surface area contributed by atoms with E-state index >= 15 is 0 Å². The van der Waals surface area contributed by atoms with Crippen LogP contribution in [0.2, 0.25) is 0 Å². The fourth-order valence-corrected chi connectivity index (χ4v) is 8.41. The van der Waals surface area contributed by atoms with Crippen LogP contribution in [-0.4, -0.2) is 17.7 Å². The summed E-state index contributed by atoms with van der Waals surface area (Å²) >= 11 is 0. The third-order valence-corrected chi connectivity index (χ3v) is 10.4. The van der Waals surface area contributed by atoms with Crippen molar-refractivity contribution in [2.45, 2.75) is 90.4 Å². The van der Waals surface area contributed by atoms with Crippen molar-refractivity contribution in [2.24, 2.45) is 29.1 Å². The third kappa shape index (κ3) is 3.29. The van der Waals surface area contributed by atoms with Crippen LogP contribution in [0.4, 0.5) is 0 Å². The molecule has 0 aromatic heterocycles. The van der Waals surface area contributed by atoms with E-state index in [2.05, 4.69) is 57.2 Å². The van der Waals surface area contributed by atoms with Gasteiger partial charge in [-0.3, -0.25) is 4.79 Å². The third-order valence-electron chi connectivity index (χ3n) is 10.4. The second-order valence-electron chi connectivity index (χ2n) is 11.8. The van der Waals surface area contributed by atoms with E-state index in [1.165, 1.54) is 36.8 Å². The predicted molar refractivity (Wildman–Crippen MR) is 129 cm³/mol. The number of benzene rings is 1. The van der Waals surface area contributed by atoms with Crippen molar-refractivity contribution in [1.29, 1.82) is 0 Å². The zero-order valence-corrected chi connectivity index (χ0v) is 20.4. The Hall–Kier alpha value is -1.87. The summed E-state index contributed by atoms with van der Waals surface area (Å²) in [6, 6.07) is 10.6. The van der Waals surface area contributed by atoms with E-state index in [-0.39, 0.29) is 11.6 Å². The van der Waals surface area contributed by atoms with Gasteiger partial charge in [-0.15, -0.1) is 0 Å². The predicted octanol–water partition coefficient (Wildman–Crippen LogP) is 6.78. The summed E-state index contributed by atoms with van der Waals surface area (Å²) in [5, 5.41) is 0. The minimum absolute atomic E-state index is 0.000975. The Labute approximate surface area is 198 Å². The van der Waals surface area contributed by atoms with Gasteiger partial charge in [0.2, 0.25) is 0 Å². The molecule has 0 N–H and O–H groups in total. The van der Waals surface area contributed by atoms with Crippen LogP contribution in [0.5, 0.6) is 0 Å². The number of rotatable bonds is 3. The lowest BCUT2D eigenvalue weighted by Crippen LogP contribution is -2.42. The maximum absolute atomic E-state index is 12.2. The number of fused-ring (bicyclic) bond motifs is 5. The van der Waals surface area contributed by atoms with Gasteiger partial charge in [-0.05, 0) is 86.2 Å². The number of carbonyl (C=O) groups excluding carboxylic acids is 1. The fraction of sp³-hybridized carbons (Fsp3) is 0.633. The molecule has 3 nitrogen and oxygen atoms in total. The van der Waals surface area contributed by atoms with Crippen molar-refractivity contribution in [2.75, 3.05) is 0 Å². The second kappa shape index (κ2) is 7.83. The highest BCUT2D eigenvalue weighted by Gasteiger charge is 2.58. The summed E-state index contributed by atoms with van der Waals surface area (Å²) in [5.74, 6) is 2.48. The van der Waals surface area contributed by atoms with Gasteiger partial charge in [0.05, 0.1) is 19.1 Å². The van der Waals surface area contributed by atoms with Crippen LogP contribution in [0, 0.1) is 29.1 Å². The van der Waals surface area contributed by atoms with Crippen LogP contribution in [0.15, 0.2) is 53.1 Å². The minimum Gasteiger partial charge on any atom is -0.454 e. The fourth-order valence-electron chi connectivity index (χ4n) is 8.41. The molecule has 1 saturated heterocycles. The number of ether oxygens (including phenoxy) is 2. The summed E-state index contributed by atoms with van der Waals surface area (Å²) in [4.78, 5) is 12.2. The summed E-state index contributed by atoms with van der Waals surface area (Å²) < 4.78 is 12.4. The number of esters is 1. The van der Waals surface area contributed by atoms with Crippen molar-refractivity contribution < 1.29 is 14.3 Å². The Morgan fingerprint density at radius 1 is 1.09 bits per heavy atom. The van der Waals surface area contributed by atoms with Gasteiger partial charge in [-0.2, -0.15) is 0 Å². The van der Waals surface area contributed by atoms with Crippen molar-refractivity contribution >= 4 is 5.97 Å². The average Bonchev–Trinajstić information content (AvgIpc) is 3.34. The summed E-state index contributed by atoms with van der Waals surface area (Å²) in [7, 11) is 0. The molecule has 1 aromatic rings. The molecule has 0 unspecified atom stereocenters. The molecule has 176 valence electrons. The summed E-state index contributed by atoms with van der Waals surface area (Å²) in [6.45, 7) is 7.77. The lowest BCUT2D eigenvalue weighted by atomic mass is 9.56. The van der Waals surface area contributed by atoms with Crippen molar-refractivity contribution in [3.05, 3.63) is 58.7 Å². The molecule has 3 fully saturated rings. The largest absolute Gasteiger partial charge is 0.454 e. The highest BCUT2D eigenvalue weighted by atomic mass is 16.6. The van der Waals surface area contributed by atoms with Crippen LogP contribution in [0.25, 0.3) is 0 Å². The van der Waals surface area contributed by atoms with E-state index in [0.717, 1.165) is 31.1 Å². The van der Waals surface area contributed by atoms with Gasteiger partial charge in [-0.1, -0.05) is 61.4 Å². The highest BCUT2D eigenvalue weighted by Crippen LogP contribution is 2.64. The minimum atomic E-state index is -0.309. The van der Waals surface area contributed by atoms with Gasteiger partial charge in [0.1, 0.15) is 5.60 Å². The molecule has 1 spiro atoms. The Balaban J connectivity index is 1.21. The topological polar surface area (TPSA) is 35.5 Å². The molecule has 5 aliphatic rings. The Kier molecular flexibility index (Phi) is 5.14. The molecule has 7 atom stereocenters. The van der Waals surface area contributed by atoms with Crippen LogP contribution in [0.1, 0.15) is 77.7 Å². The Bertz CT molecular complexity index is 1010. The zero-order chi connectivity index (χ0) is 22.8. The van der Waals surface area contributed by atoms with Gasteiger partial charge >= 0.3 is 5.97 Å². The lowest BCUT2D eigenvalue weighted by molar-refractivity contribution is -0.147. The average molecular weight is 447 g/mol. The van der Waals surface area contributed by atoms with Crippen LogP contribution >= 0.6 is 0 Å².